The van der Waals surface area contributed by atoms with Gasteiger partial charge in [0.15, 0.2) is 0 Å². The van der Waals surface area contributed by atoms with E-state index < -0.39 is 52.4 Å². The van der Waals surface area contributed by atoms with Crippen molar-refractivity contribution >= 4 is 23.9 Å². The van der Waals surface area contributed by atoms with E-state index in [1.807, 2.05) is 45.0 Å². The molecule has 0 aromatic heterocycles. The Morgan fingerprint density at radius 1 is 0.547 bits per heavy atom. The van der Waals surface area contributed by atoms with E-state index in [-0.39, 0.29) is 37.2 Å². The second kappa shape index (κ2) is 34.8. The van der Waals surface area contributed by atoms with E-state index in [2.05, 4.69) is 41.7 Å². The zero-order valence-corrected chi connectivity index (χ0v) is 41.4. The molecule has 0 saturated carbocycles. The van der Waals surface area contributed by atoms with E-state index >= 15 is 0 Å². The van der Waals surface area contributed by atoms with Gasteiger partial charge in [-0.1, -0.05) is 70.2 Å². The second-order valence-electron chi connectivity index (χ2n) is 15.6. The van der Waals surface area contributed by atoms with Crippen molar-refractivity contribution in [3.05, 3.63) is 199 Å². The van der Waals surface area contributed by atoms with E-state index in [0.29, 0.717) is 56.6 Å². The number of rotatable bonds is 22. The molecule has 0 aliphatic carbocycles. The molecule has 5 rings (SSSR count). The molecule has 75 heavy (non-hydrogen) atoms. The first-order chi connectivity index (χ1) is 35.3. The lowest BCUT2D eigenvalue weighted by molar-refractivity contribution is 0.0527. The Labute approximate surface area is 434 Å². The molecule has 0 bridgehead atoms. The Bertz CT molecular complexity index is 2560. The molecule has 0 fully saturated rings. The van der Waals surface area contributed by atoms with Gasteiger partial charge >= 0.3 is 18.0 Å². The fourth-order valence-corrected chi connectivity index (χ4v) is 5.27. The van der Waals surface area contributed by atoms with Crippen molar-refractivity contribution in [2.24, 2.45) is 0 Å². The zero-order chi connectivity index (χ0) is 55.1. The van der Waals surface area contributed by atoms with Crippen molar-refractivity contribution < 1.29 is 79.4 Å². The van der Waals surface area contributed by atoms with Crippen molar-refractivity contribution in [3.63, 3.8) is 0 Å². The van der Waals surface area contributed by atoms with Gasteiger partial charge in [0.2, 0.25) is 34.8 Å². The van der Waals surface area contributed by atoms with Crippen molar-refractivity contribution in [2.45, 2.75) is 40.2 Å². The van der Waals surface area contributed by atoms with Gasteiger partial charge in [0, 0.05) is 25.8 Å². The van der Waals surface area contributed by atoms with Gasteiger partial charge < -0.3 is 48.9 Å². The topological polar surface area (TPSA) is 177 Å². The summed E-state index contributed by atoms with van der Waals surface area (Å²) in [5, 5.41) is 14.1. The molecule has 14 nitrogen and oxygen atoms in total. The van der Waals surface area contributed by atoms with Crippen molar-refractivity contribution in [1.29, 1.82) is 0 Å². The quantitative estimate of drug-likeness (QED) is 0.0114. The van der Waals surface area contributed by atoms with Crippen LogP contribution in [-0.4, -0.2) is 87.9 Å². The van der Waals surface area contributed by atoms with Crippen LogP contribution in [0.25, 0.3) is 0 Å². The van der Waals surface area contributed by atoms with Gasteiger partial charge in [-0.05, 0) is 118 Å². The Kier molecular flexibility index (Phi) is 30.0. The van der Waals surface area contributed by atoms with Crippen LogP contribution in [0.1, 0.15) is 64.8 Å². The normalized spacial score (nSPS) is 9.99. The van der Waals surface area contributed by atoms with E-state index in [1.54, 1.807) is 61.7 Å². The van der Waals surface area contributed by atoms with Crippen LogP contribution in [0.5, 0.6) is 28.7 Å². The van der Waals surface area contributed by atoms with Gasteiger partial charge in [0.1, 0.15) is 55.0 Å². The Hall–Kier alpha value is -8.45. The van der Waals surface area contributed by atoms with E-state index in [4.69, 9.17) is 33.5 Å². The van der Waals surface area contributed by atoms with Crippen LogP contribution in [0.4, 0.5) is 26.7 Å². The van der Waals surface area contributed by atoms with Crippen LogP contribution >= 0.6 is 0 Å². The number of carboxylic acid groups (broad SMARTS) is 1. The number of benzene rings is 5. The highest BCUT2D eigenvalue weighted by Gasteiger charge is 2.29. The first kappa shape index (κ1) is 64.6. The molecule has 0 saturated heterocycles. The third-order valence-electron chi connectivity index (χ3n) is 8.74. The molecule has 0 heterocycles. The molecular weight excluding hydrogens is 988 g/mol. The monoisotopic (exact) mass is 1050 g/mol. The smallest absolute Gasteiger partial charge is 0.407 e. The third-order valence-corrected chi connectivity index (χ3v) is 8.74. The largest absolute Gasteiger partial charge is 0.490 e. The number of halogens is 5. The third kappa shape index (κ3) is 24.7. The summed E-state index contributed by atoms with van der Waals surface area (Å²) in [6, 6.07) is 26.1. The van der Waals surface area contributed by atoms with Gasteiger partial charge in [-0.3, -0.25) is 4.79 Å². The number of ether oxygens (including phenoxy) is 7. The molecule has 404 valence electrons. The molecular formula is C56H63F5N2O12. The molecule has 2 amide bonds. The maximum atomic E-state index is 13.5. The highest BCUT2D eigenvalue weighted by molar-refractivity contribution is 5.94. The van der Waals surface area contributed by atoms with Crippen LogP contribution in [-0.2, 0) is 15.9 Å². The molecule has 19 heteroatoms. The zero-order valence-electron chi connectivity index (χ0n) is 41.4. The summed E-state index contributed by atoms with van der Waals surface area (Å²) in [5.41, 5.74) is 1.35. The average Bonchev–Trinajstić information content (AvgIpc) is 3.39. The Morgan fingerprint density at radius 3 is 1.29 bits per heavy atom. The first-order valence-corrected chi connectivity index (χ1v) is 22.3. The molecule has 3 N–H and O–H groups in total. The molecule has 0 spiro atoms. The van der Waals surface area contributed by atoms with E-state index in [1.165, 1.54) is 42.5 Å². The van der Waals surface area contributed by atoms with Gasteiger partial charge in [-0.15, -0.1) is 0 Å². The van der Waals surface area contributed by atoms with Crippen LogP contribution in [0, 0.1) is 29.1 Å². The fraction of sp³-hybridized carbons (Fsp3) is 0.250. The number of hydrogen-bond donors (Lipinski definition) is 3. The number of carboxylic acids is 1. The predicted molar refractivity (Wildman–Crippen MR) is 276 cm³/mol. The average molecular weight is 1050 g/mol. The van der Waals surface area contributed by atoms with E-state index in [0.717, 1.165) is 23.5 Å². The van der Waals surface area contributed by atoms with Crippen LogP contribution in [0.2, 0.25) is 0 Å². The standard InChI is InChI=1S/C16H9F5O3.C16H23NO3.C13H17NO3.C10H10O3.CH4/c1-2-7-23-9-5-3-8(4-6-9)16(22)24-15-13(20)11(18)10(17)12(19)14(15)21;1-5-12-19-14-8-6-13(7-9-14)10-11-17-15(18)20-16(2,3)4;1-3-9-17-12-6-4-11(5-7-12)13(15)14-8-10-16-2;1-2-7-13-9-5-3-8(4-6-9)10(11)12;/h2-6H,1,7H2;5-9H,1,10-12H2,2-4H3,(H,17,18);3-7H,1,8-10H2,2H3,(H,14,15);2-6H,1,7H2,(H,11,12);1H4. The maximum absolute atomic E-state index is 13.5. The molecule has 0 aliphatic rings. The summed E-state index contributed by atoms with van der Waals surface area (Å²) in [6.45, 7) is 22.8. The number of alkyl carbamates (subject to hydrolysis) is 1. The van der Waals surface area contributed by atoms with Crippen LogP contribution in [0.3, 0.4) is 0 Å². The number of methoxy groups -OCH3 is 1. The molecule has 0 unspecified atom stereocenters. The van der Waals surface area contributed by atoms with Crippen molar-refractivity contribution in [1.82, 2.24) is 10.6 Å². The lowest BCUT2D eigenvalue weighted by atomic mass is 10.1. The number of carbonyl (C=O) groups is 4. The van der Waals surface area contributed by atoms with Crippen LogP contribution < -0.4 is 34.3 Å². The maximum Gasteiger partial charge on any atom is 0.407 e. The lowest BCUT2D eigenvalue weighted by Gasteiger charge is -2.19. The summed E-state index contributed by atoms with van der Waals surface area (Å²) in [6.07, 6.45) is 6.87. The number of esters is 1. The summed E-state index contributed by atoms with van der Waals surface area (Å²) < 4.78 is 101. The minimum absolute atomic E-state index is 0. The minimum Gasteiger partial charge on any atom is -0.490 e. The number of aromatic carboxylic acids is 1. The van der Waals surface area contributed by atoms with Crippen LogP contribution in [0.15, 0.2) is 148 Å². The number of nitrogens with one attached hydrogen (secondary N) is 2. The second-order valence-corrected chi connectivity index (χ2v) is 15.6. The van der Waals surface area contributed by atoms with E-state index in [9.17, 15) is 41.1 Å². The van der Waals surface area contributed by atoms with Crippen molar-refractivity contribution in [2.75, 3.05) is 53.2 Å². The predicted octanol–water partition coefficient (Wildman–Crippen LogP) is 11.7. The summed E-state index contributed by atoms with van der Waals surface area (Å²) in [7, 11) is 1.60. The van der Waals surface area contributed by atoms with Gasteiger partial charge in [0.05, 0.1) is 17.7 Å². The molecule has 0 atom stereocenters. The Balaban J connectivity index is 0.000000509. The molecule has 0 aliphatic heterocycles. The highest BCUT2D eigenvalue weighted by atomic mass is 19.2. The molecule has 5 aromatic rings. The van der Waals surface area contributed by atoms with Gasteiger partial charge in [0.25, 0.3) is 5.91 Å². The number of hydrogen-bond acceptors (Lipinski definition) is 11. The lowest BCUT2D eigenvalue weighted by Crippen LogP contribution is -2.33. The summed E-state index contributed by atoms with van der Waals surface area (Å²) in [5.74, 6) is -12.7. The molecule has 5 aromatic carbocycles. The SMILES string of the molecule is C.C=CCOc1ccc(C(=O)NCCOC)cc1.C=CCOc1ccc(C(=O)O)cc1.C=CCOc1ccc(C(=O)Oc2c(F)c(F)c(F)c(F)c2F)cc1.C=CCOc1ccc(CCNC(=O)OC(C)(C)C)cc1. The van der Waals surface area contributed by atoms with Crippen molar-refractivity contribution in [3.8, 4) is 28.7 Å². The van der Waals surface area contributed by atoms with Gasteiger partial charge in [-0.2, -0.15) is 8.78 Å². The highest BCUT2D eigenvalue weighted by Crippen LogP contribution is 2.30. The Morgan fingerprint density at radius 2 is 0.920 bits per heavy atom. The first-order valence-electron chi connectivity index (χ1n) is 22.3. The summed E-state index contributed by atoms with van der Waals surface area (Å²) in [4.78, 5) is 45.3. The number of amides is 2. The fourth-order valence-electron chi connectivity index (χ4n) is 5.27. The minimum atomic E-state index is -2.34. The summed E-state index contributed by atoms with van der Waals surface area (Å²) >= 11 is 0. The molecule has 0 radical (unpaired) electrons. The van der Waals surface area contributed by atoms with Gasteiger partial charge in [-0.25, -0.2) is 27.6 Å². The number of carbonyl (C=O) groups excluding carboxylic acids is 3.